The molecule has 5 rings (SSSR count). The van der Waals surface area contributed by atoms with E-state index in [2.05, 4.69) is 20.0 Å². The van der Waals surface area contributed by atoms with Crippen LogP contribution in [0.5, 0.6) is 0 Å². The van der Waals surface area contributed by atoms with E-state index in [0.717, 1.165) is 16.8 Å². The van der Waals surface area contributed by atoms with Gasteiger partial charge in [-0.25, -0.2) is 0 Å². The molecule has 4 heterocycles. The number of aromatic nitrogens is 4. The monoisotopic (exact) mass is 303 g/mol. The van der Waals surface area contributed by atoms with Crippen molar-refractivity contribution in [2.75, 3.05) is 0 Å². The molecule has 0 spiro atoms. The Kier molecular flexibility index (Phi) is 2.83. The van der Waals surface area contributed by atoms with Gasteiger partial charge in [0.1, 0.15) is 5.01 Å². The third-order valence-corrected chi connectivity index (χ3v) is 6.65. The molecule has 0 amide bonds. The van der Waals surface area contributed by atoms with Crippen molar-refractivity contribution in [1.29, 1.82) is 0 Å². The van der Waals surface area contributed by atoms with E-state index in [1.165, 1.54) is 56.4 Å². The van der Waals surface area contributed by atoms with Gasteiger partial charge in [0, 0.05) is 23.9 Å². The highest BCUT2D eigenvalue weighted by Gasteiger charge is 2.41. The lowest BCUT2D eigenvalue weighted by molar-refractivity contribution is 0.422. The number of hydrogen-bond donors (Lipinski definition) is 1. The Morgan fingerprint density at radius 1 is 1.05 bits per heavy atom. The van der Waals surface area contributed by atoms with E-state index in [9.17, 15) is 0 Å². The average molecular weight is 303 g/mol. The molecule has 3 unspecified atom stereocenters. The summed E-state index contributed by atoms with van der Waals surface area (Å²) in [4.78, 5) is 0.994. The molecule has 3 aliphatic rings. The smallest absolute Gasteiger partial charge is 0.234 e. The van der Waals surface area contributed by atoms with Crippen molar-refractivity contribution in [2.24, 2.45) is 0 Å². The zero-order valence-electron chi connectivity index (χ0n) is 12.2. The van der Waals surface area contributed by atoms with Gasteiger partial charge in [-0.3, -0.25) is 0 Å². The Bertz CT molecular complexity index is 656. The lowest BCUT2D eigenvalue weighted by Crippen LogP contribution is -2.21. The minimum absolute atomic E-state index is 0.571. The summed E-state index contributed by atoms with van der Waals surface area (Å²) in [7, 11) is 0. The molecular weight excluding hydrogens is 282 g/mol. The quantitative estimate of drug-likeness (QED) is 0.927. The first kappa shape index (κ1) is 12.5. The number of rotatable bonds is 2. The Labute approximate surface area is 128 Å². The molecule has 112 valence electrons. The van der Waals surface area contributed by atoms with E-state index < -0.39 is 0 Å². The van der Waals surface area contributed by atoms with E-state index in [1.807, 2.05) is 0 Å². The fourth-order valence-electron chi connectivity index (χ4n) is 4.51. The molecule has 3 fully saturated rings. The van der Waals surface area contributed by atoms with Gasteiger partial charge < -0.3 is 5.32 Å². The second-order valence-electron chi connectivity index (χ2n) is 6.92. The van der Waals surface area contributed by atoms with Crippen LogP contribution in [-0.2, 0) is 0 Å². The molecule has 2 saturated heterocycles. The van der Waals surface area contributed by atoms with Crippen molar-refractivity contribution in [3.05, 3.63) is 10.8 Å². The molecule has 1 saturated carbocycles. The van der Waals surface area contributed by atoms with Crippen LogP contribution < -0.4 is 5.32 Å². The fraction of sp³-hybridized carbons (Fsp3) is 0.800. The highest BCUT2D eigenvalue weighted by Crippen LogP contribution is 2.41. The number of nitrogens with one attached hydrogen (secondary N) is 1. The topological polar surface area (TPSA) is 55.1 Å². The molecule has 5 nitrogen and oxygen atoms in total. The van der Waals surface area contributed by atoms with E-state index in [0.29, 0.717) is 17.9 Å². The molecule has 6 heteroatoms. The summed E-state index contributed by atoms with van der Waals surface area (Å²) in [6.45, 7) is 0. The Morgan fingerprint density at radius 2 is 1.95 bits per heavy atom. The number of fused-ring (bicyclic) bond motifs is 3. The lowest BCUT2D eigenvalue weighted by Gasteiger charge is -2.19. The average Bonchev–Trinajstić information content (AvgIpc) is 3.27. The number of hydrogen-bond acceptors (Lipinski definition) is 5. The van der Waals surface area contributed by atoms with Gasteiger partial charge in [-0.2, -0.15) is 9.61 Å². The predicted molar refractivity (Wildman–Crippen MR) is 81.8 cm³/mol. The molecule has 21 heavy (non-hydrogen) atoms. The van der Waals surface area contributed by atoms with Crippen LogP contribution in [0.3, 0.4) is 0 Å². The first-order chi connectivity index (χ1) is 10.4. The Balaban J connectivity index is 1.48. The van der Waals surface area contributed by atoms with Crippen LogP contribution in [0.2, 0.25) is 0 Å². The Hall–Kier alpha value is -1.01. The van der Waals surface area contributed by atoms with Gasteiger partial charge in [0.25, 0.3) is 0 Å². The van der Waals surface area contributed by atoms with Gasteiger partial charge in [0.2, 0.25) is 4.96 Å². The normalized spacial score (nSPS) is 33.2. The molecular formula is C15H21N5S. The molecule has 1 aliphatic carbocycles. The van der Waals surface area contributed by atoms with Crippen LogP contribution in [0.4, 0.5) is 0 Å². The van der Waals surface area contributed by atoms with E-state index in [1.54, 1.807) is 11.3 Å². The minimum Gasteiger partial charge on any atom is -0.311 e. The molecule has 3 atom stereocenters. The molecule has 0 aromatic carbocycles. The zero-order valence-corrected chi connectivity index (χ0v) is 13.0. The number of nitrogens with zero attached hydrogens (tertiary/aromatic N) is 4. The maximum Gasteiger partial charge on any atom is 0.234 e. The van der Waals surface area contributed by atoms with Crippen molar-refractivity contribution < 1.29 is 0 Å². The molecule has 0 radical (unpaired) electrons. The lowest BCUT2D eigenvalue weighted by atomic mass is 9.89. The van der Waals surface area contributed by atoms with Crippen LogP contribution in [0, 0.1) is 0 Å². The SMILES string of the molecule is C1CCC(c2nnc3sc(C4CC5CCC4N5)nn23)CC1. The first-order valence-corrected chi connectivity index (χ1v) is 9.18. The van der Waals surface area contributed by atoms with Crippen molar-refractivity contribution in [2.45, 2.75) is 75.3 Å². The van der Waals surface area contributed by atoms with E-state index >= 15 is 0 Å². The van der Waals surface area contributed by atoms with Gasteiger partial charge in [-0.05, 0) is 32.1 Å². The summed E-state index contributed by atoms with van der Waals surface area (Å²) in [6, 6.07) is 1.38. The Morgan fingerprint density at radius 3 is 2.71 bits per heavy atom. The van der Waals surface area contributed by atoms with Crippen LogP contribution >= 0.6 is 11.3 Å². The van der Waals surface area contributed by atoms with Crippen molar-refractivity contribution in [3.63, 3.8) is 0 Å². The maximum atomic E-state index is 4.92. The van der Waals surface area contributed by atoms with E-state index in [-0.39, 0.29) is 0 Å². The van der Waals surface area contributed by atoms with E-state index in [4.69, 9.17) is 5.10 Å². The summed E-state index contributed by atoms with van der Waals surface area (Å²) < 4.78 is 2.06. The van der Waals surface area contributed by atoms with Gasteiger partial charge >= 0.3 is 0 Å². The molecule has 2 bridgehead atoms. The van der Waals surface area contributed by atoms with Gasteiger partial charge in [0.15, 0.2) is 5.82 Å². The zero-order chi connectivity index (χ0) is 13.8. The predicted octanol–water partition coefficient (Wildman–Crippen LogP) is 2.84. The largest absolute Gasteiger partial charge is 0.311 e. The summed E-state index contributed by atoms with van der Waals surface area (Å²) in [5.74, 6) is 2.29. The summed E-state index contributed by atoms with van der Waals surface area (Å²) in [5, 5.41) is 18.7. The summed E-state index contributed by atoms with van der Waals surface area (Å²) in [6.07, 6.45) is 10.4. The van der Waals surface area contributed by atoms with Gasteiger partial charge in [-0.15, -0.1) is 10.2 Å². The summed E-state index contributed by atoms with van der Waals surface area (Å²) in [5.41, 5.74) is 0. The van der Waals surface area contributed by atoms with Gasteiger partial charge in [-0.1, -0.05) is 30.6 Å². The highest BCUT2D eigenvalue weighted by molar-refractivity contribution is 7.16. The first-order valence-electron chi connectivity index (χ1n) is 8.36. The third-order valence-electron chi connectivity index (χ3n) is 5.62. The standard InChI is InChI=1S/C15H21N5S/c1-2-4-9(5-3-1)13-17-18-15-20(13)19-14(21-15)11-8-10-6-7-12(11)16-10/h9-12,16H,1-8H2. The van der Waals surface area contributed by atoms with Crippen LogP contribution in [-0.4, -0.2) is 31.9 Å². The van der Waals surface area contributed by atoms with Gasteiger partial charge in [0.05, 0.1) is 0 Å². The highest BCUT2D eigenvalue weighted by atomic mass is 32.1. The van der Waals surface area contributed by atoms with Crippen LogP contribution in [0.1, 0.15) is 74.0 Å². The van der Waals surface area contributed by atoms with Crippen molar-refractivity contribution in [1.82, 2.24) is 25.1 Å². The third kappa shape index (κ3) is 1.95. The second kappa shape index (κ2) is 4.74. The minimum atomic E-state index is 0.571. The molecule has 2 aromatic heterocycles. The summed E-state index contributed by atoms with van der Waals surface area (Å²) >= 11 is 1.76. The fourth-order valence-corrected chi connectivity index (χ4v) is 5.53. The van der Waals surface area contributed by atoms with Crippen molar-refractivity contribution >= 4 is 16.3 Å². The maximum absolute atomic E-state index is 4.92. The molecule has 2 aliphatic heterocycles. The van der Waals surface area contributed by atoms with Crippen LogP contribution in [0.15, 0.2) is 0 Å². The molecule has 1 N–H and O–H groups in total. The van der Waals surface area contributed by atoms with Crippen LogP contribution in [0.25, 0.3) is 4.96 Å². The van der Waals surface area contributed by atoms with Crippen molar-refractivity contribution in [3.8, 4) is 0 Å². The molecule has 2 aromatic rings. The second-order valence-corrected chi connectivity index (χ2v) is 7.90.